The number of nitrogens with one attached hydrogen (secondary N) is 2. The molecular weight excluding hydrogens is 407 g/mol. The molecule has 0 amide bonds. The summed E-state index contributed by atoms with van der Waals surface area (Å²) in [5.74, 6) is 0.748. The van der Waals surface area contributed by atoms with Gasteiger partial charge in [0.15, 0.2) is 0 Å². The van der Waals surface area contributed by atoms with Gasteiger partial charge in [0.05, 0.1) is 30.3 Å². The van der Waals surface area contributed by atoms with Crippen molar-refractivity contribution in [3.8, 4) is 28.1 Å². The van der Waals surface area contributed by atoms with Crippen LogP contribution in [0.4, 0.5) is 10.2 Å². The van der Waals surface area contributed by atoms with Crippen LogP contribution in [-0.2, 0) is 0 Å². The van der Waals surface area contributed by atoms with Crippen molar-refractivity contribution in [2.75, 3.05) is 11.9 Å². The number of phenols is 1. The molecule has 0 radical (unpaired) electrons. The SMILES string of the molecule is CN(c1cnc(-c2ccc(-c3cn[nH]c3)cc2O)cn1)[C@H]1C[C@]2(C)CCC[C@@](C)(N2)[C@H]1F. The van der Waals surface area contributed by atoms with Crippen LogP contribution in [0, 0.1) is 0 Å². The van der Waals surface area contributed by atoms with Crippen LogP contribution in [0.2, 0.25) is 0 Å². The number of benzene rings is 1. The van der Waals surface area contributed by atoms with Crippen molar-refractivity contribution in [3.63, 3.8) is 0 Å². The zero-order chi connectivity index (χ0) is 22.5. The number of hydrogen-bond acceptors (Lipinski definition) is 6. The third-order valence-corrected chi connectivity index (χ3v) is 7.22. The highest BCUT2D eigenvalue weighted by molar-refractivity contribution is 5.73. The van der Waals surface area contributed by atoms with E-state index in [0.29, 0.717) is 17.1 Å². The van der Waals surface area contributed by atoms with E-state index < -0.39 is 11.7 Å². The van der Waals surface area contributed by atoms with Crippen LogP contribution in [0.25, 0.3) is 22.4 Å². The van der Waals surface area contributed by atoms with Crippen LogP contribution in [0.3, 0.4) is 0 Å². The largest absolute Gasteiger partial charge is 0.507 e. The summed E-state index contributed by atoms with van der Waals surface area (Å²) in [5.41, 5.74) is 2.33. The monoisotopic (exact) mass is 436 g/mol. The number of aromatic nitrogens is 4. The van der Waals surface area contributed by atoms with Gasteiger partial charge < -0.3 is 15.3 Å². The molecule has 3 N–H and O–H groups in total. The maximum absolute atomic E-state index is 15.6. The Morgan fingerprint density at radius 1 is 1.12 bits per heavy atom. The van der Waals surface area contributed by atoms with Gasteiger partial charge in [-0.25, -0.2) is 9.37 Å². The van der Waals surface area contributed by atoms with Gasteiger partial charge in [0.2, 0.25) is 0 Å². The van der Waals surface area contributed by atoms with Gasteiger partial charge in [0, 0.05) is 35.4 Å². The molecule has 1 aromatic carbocycles. The molecule has 4 atom stereocenters. The lowest BCUT2D eigenvalue weighted by atomic mass is 9.68. The van der Waals surface area contributed by atoms with E-state index in [4.69, 9.17) is 0 Å². The standard InChI is InChI=1S/C24H29FN6O/c1-23-7-4-8-24(2,30-23)22(25)19(10-23)31(3)21-14-26-18(13-27-21)17-6-5-15(9-20(17)32)16-11-28-29-12-16/h5-6,9,11-14,19,22,30,32H,4,7-8,10H2,1-3H3,(H,28,29)/t19-,22-,23-,24+/m0/s1. The highest BCUT2D eigenvalue weighted by Gasteiger charge is 2.53. The Hall–Kier alpha value is -3.00. The third-order valence-electron chi connectivity index (χ3n) is 7.22. The number of anilines is 1. The Morgan fingerprint density at radius 3 is 2.66 bits per heavy atom. The topological polar surface area (TPSA) is 90.0 Å². The molecule has 0 aliphatic carbocycles. The van der Waals surface area contributed by atoms with Gasteiger partial charge in [-0.1, -0.05) is 6.07 Å². The van der Waals surface area contributed by atoms with Crippen LogP contribution in [0.5, 0.6) is 5.75 Å². The molecule has 2 saturated heterocycles. The van der Waals surface area contributed by atoms with Gasteiger partial charge in [0.25, 0.3) is 0 Å². The average Bonchev–Trinajstić information content (AvgIpc) is 3.31. The number of nitrogens with zero attached hydrogens (tertiary/aromatic N) is 4. The molecule has 2 fully saturated rings. The minimum absolute atomic E-state index is 0.0651. The van der Waals surface area contributed by atoms with Crippen molar-refractivity contribution in [1.29, 1.82) is 0 Å². The second kappa shape index (κ2) is 7.55. The molecule has 168 valence electrons. The molecular formula is C24H29FN6O. The first-order chi connectivity index (χ1) is 15.3. The van der Waals surface area contributed by atoms with E-state index in [1.54, 1.807) is 30.9 Å². The average molecular weight is 437 g/mol. The molecule has 2 aromatic heterocycles. The van der Waals surface area contributed by atoms with Crippen molar-refractivity contribution in [3.05, 3.63) is 43.0 Å². The normalized spacial score (nSPS) is 29.6. The van der Waals surface area contributed by atoms with E-state index in [-0.39, 0.29) is 17.3 Å². The van der Waals surface area contributed by atoms with Crippen molar-refractivity contribution in [1.82, 2.24) is 25.5 Å². The fourth-order valence-electron chi connectivity index (χ4n) is 5.49. The van der Waals surface area contributed by atoms with Crippen LogP contribution in [0.1, 0.15) is 39.5 Å². The quantitative estimate of drug-likeness (QED) is 0.571. The van der Waals surface area contributed by atoms with Crippen LogP contribution in [0.15, 0.2) is 43.0 Å². The highest BCUT2D eigenvalue weighted by atomic mass is 19.1. The summed E-state index contributed by atoms with van der Waals surface area (Å²) in [6, 6.07) is 5.14. The summed E-state index contributed by atoms with van der Waals surface area (Å²) in [4.78, 5) is 11.0. The van der Waals surface area contributed by atoms with Gasteiger partial charge in [-0.2, -0.15) is 5.10 Å². The van der Waals surface area contributed by atoms with Gasteiger partial charge in [-0.3, -0.25) is 10.1 Å². The van der Waals surface area contributed by atoms with E-state index in [0.717, 1.165) is 36.8 Å². The second-order valence-electron chi connectivity index (χ2n) is 9.72. The number of alkyl halides is 1. The maximum atomic E-state index is 15.6. The van der Waals surface area contributed by atoms with E-state index in [1.807, 2.05) is 31.0 Å². The Kier molecular flexibility index (Phi) is 4.93. The zero-order valence-corrected chi connectivity index (χ0v) is 18.6. The highest BCUT2D eigenvalue weighted by Crippen LogP contribution is 2.43. The van der Waals surface area contributed by atoms with Gasteiger partial charge in [0.1, 0.15) is 17.7 Å². The number of hydrogen-bond donors (Lipinski definition) is 3. The number of phenolic OH excluding ortho intramolecular Hbond substituents is 1. The van der Waals surface area contributed by atoms with Crippen LogP contribution >= 0.6 is 0 Å². The number of halogens is 1. The molecule has 0 saturated carbocycles. The van der Waals surface area contributed by atoms with Gasteiger partial charge in [-0.15, -0.1) is 0 Å². The second-order valence-corrected chi connectivity index (χ2v) is 9.72. The van der Waals surface area contributed by atoms with Crippen LogP contribution in [-0.4, -0.2) is 55.6 Å². The Labute approximate surface area is 187 Å². The number of H-pyrrole nitrogens is 1. The van der Waals surface area contributed by atoms with E-state index in [2.05, 4.69) is 32.4 Å². The molecule has 4 heterocycles. The smallest absolute Gasteiger partial charge is 0.147 e. The summed E-state index contributed by atoms with van der Waals surface area (Å²) < 4.78 is 15.6. The Bertz CT molecular complexity index is 1100. The molecule has 2 aliphatic heterocycles. The van der Waals surface area contributed by atoms with Gasteiger partial charge in [-0.05, 0) is 57.2 Å². The summed E-state index contributed by atoms with van der Waals surface area (Å²) in [6.45, 7) is 4.20. The molecule has 8 heteroatoms. The van der Waals surface area contributed by atoms with E-state index >= 15 is 4.39 Å². The number of aromatic hydroxyl groups is 1. The molecule has 32 heavy (non-hydrogen) atoms. The lowest BCUT2D eigenvalue weighted by Crippen LogP contribution is -2.72. The Morgan fingerprint density at radius 2 is 1.97 bits per heavy atom. The maximum Gasteiger partial charge on any atom is 0.147 e. The Balaban J connectivity index is 1.38. The minimum atomic E-state index is -0.998. The summed E-state index contributed by atoms with van der Waals surface area (Å²) in [5, 5.41) is 20.8. The number of piperidine rings is 2. The molecule has 5 rings (SSSR count). The van der Waals surface area contributed by atoms with Crippen molar-refractivity contribution in [2.24, 2.45) is 0 Å². The molecule has 0 unspecified atom stereocenters. The molecule has 2 bridgehead atoms. The summed E-state index contributed by atoms with van der Waals surface area (Å²) >= 11 is 0. The fraction of sp³-hybridized carbons (Fsp3) is 0.458. The van der Waals surface area contributed by atoms with Gasteiger partial charge >= 0.3 is 0 Å². The predicted octanol–water partition coefficient (Wildman–Crippen LogP) is 4.08. The predicted molar refractivity (Wildman–Crippen MR) is 122 cm³/mol. The number of fused-ring (bicyclic) bond motifs is 2. The lowest BCUT2D eigenvalue weighted by molar-refractivity contribution is 0.00197. The van der Waals surface area contributed by atoms with E-state index in [1.165, 1.54) is 0 Å². The molecule has 2 aliphatic rings. The first-order valence-corrected chi connectivity index (χ1v) is 11.1. The third kappa shape index (κ3) is 3.52. The fourth-order valence-corrected chi connectivity index (χ4v) is 5.49. The molecule has 7 nitrogen and oxygen atoms in total. The minimum Gasteiger partial charge on any atom is -0.507 e. The van der Waals surface area contributed by atoms with Crippen molar-refractivity contribution < 1.29 is 9.50 Å². The lowest BCUT2D eigenvalue weighted by Gasteiger charge is -2.56. The van der Waals surface area contributed by atoms with Crippen LogP contribution < -0.4 is 10.2 Å². The summed E-state index contributed by atoms with van der Waals surface area (Å²) in [7, 11) is 1.89. The first kappa shape index (κ1) is 20.9. The summed E-state index contributed by atoms with van der Waals surface area (Å²) in [6.07, 6.45) is 9.44. The number of rotatable bonds is 4. The first-order valence-electron chi connectivity index (χ1n) is 11.1. The molecule has 0 spiro atoms. The van der Waals surface area contributed by atoms with E-state index in [9.17, 15) is 5.11 Å². The van der Waals surface area contributed by atoms with Crippen molar-refractivity contribution >= 4 is 5.82 Å². The number of aromatic amines is 1. The van der Waals surface area contributed by atoms with Crippen molar-refractivity contribution in [2.45, 2.75) is 62.8 Å². The molecule has 3 aromatic rings. The zero-order valence-electron chi connectivity index (χ0n) is 18.6.